The Labute approximate surface area is 136 Å². The topological polar surface area (TPSA) is 128 Å². The SMILES string of the molecule is O=C(O)CC[C@@H]1CC[C@H](NC(=O)/C(=N\O)c2cccs2)B(O)O1. The quantitative estimate of drug-likeness (QED) is 0.258. The first kappa shape index (κ1) is 17.4. The van der Waals surface area contributed by atoms with E-state index in [1.165, 1.54) is 11.3 Å². The van der Waals surface area contributed by atoms with Crippen LogP contribution in [0.5, 0.6) is 0 Å². The number of rotatable bonds is 6. The van der Waals surface area contributed by atoms with Crippen LogP contribution >= 0.6 is 11.3 Å². The molecule has 0 bridgehead atoms. The molecule has 1 amide bonds. The van der Waals surface area contributed by atoms with E-state index in [0.29, 0.717) is 24.1 Å². The zero-order valence-corrected chi connectivity index (χ0v) is 13.0. The zero-order valence-electron chi connectivity index (χ0n) is 12.2. The summed E-state index contributed by atoms with van der Waals surface area (Å²) in [6.07, 6.45) is 0.900. The van der Waals surface area contributed by atoms with Crippen LogP contribution in [0.15, 0.2) is 22.7 Å². The van der Waals surface area contributed by atoms with Gasteiger partial charge in [0.1, 0.15) is 0 Å². The van der Waals surface area contributed by atoms with Gasteiger partial charge in [0.25, 0.3) is 5.91 Å². The van der Waals surface area contributed by atoms with Gasteiger partial charge in [-0.3, -0.25) is 9.59 Å². The second-order valence-electron chi connectivity index (χ2n) is 5.16. The van der Waals surface area contributed by atoms with Crippen molar-refractivity contribution in [3.05, 3.63) is 22.4 Å². The van der Waals surface area contributed by atoms with Crippen molar-refractivity contribution >= 4 is 36.0 Å². The fourth-order valence-electron chi connectivity index (χ4n) is 2.37. The van der Waals surface area contributed by atoms with E-state index < -0.39 is 24.9 Å². The third-order valence-electron chi connectivity index (χ3n) is 3.54. The second kappa shape index (κ2) is 8.09. The van der Waals surface area contributed by atoms with Crippen LogP contribution < -0.4 is 5.32 Å². The molecule has 2 atom stereocenters. The summed E-state index contributed by atoms with van der Waals surface area (Å²) in [5.74, 6) is -2.16. The van der Waals surface area contributed by atoms with Crippen molar-refractivity contribution in [1.82, 2.24) is 5.32 Å². The Balaban J connectivity index is 1.89. The van der Waals surface area contributed by atoms with Gasteiger partial charge in [-0.15, -0.1) is 11.3 Å². The molecule has 0 saturated carbocycles. The number of nitrogens with zero attached hydrogens (tertiary/aromatic N) is 1. The average Bonchev–Trinajstić information content (AvgIpc) is 3.02. The van der Waals surface area contributed by atoms with Crippen molar-refractivity contribution in [2.24, 2.45) is 5.16 Å². The van der Waals surface area contributed by atoms with Crippen molar-refractivity contribution in [3.63, 3.8) is 0 Å². The van der Waals surface area contributed by atoms with Crippen molar-refractivity contribution in [3.8, 4) is 0 Å². The number of nitrogens with one attached hydrogen (secondary N) is 1. The number of carbonyl (C=O) groups is 2. The second-order valence-corrected chi connectivity index (χ2v) is 6.11. The molecule has 0 unspecified atom stereocenters. The Morgan fingerprint density at radius 1 is 1.48 bits per heavy atom. The monoisotopic (exact) mass is 340 g/mol. The number of thiophene rings is 1. The number of hydrogen-bond acceptors (Lipinski definition) is 7. The van der Waals surface area contributed by atoms with Crippen LogP contribution in [0.1, 0.15) is 30.6 Å². The Hall–Kier alpha value is -1.91. The lowest BCUT2D eigenvalue weighted by atomic mass is 9.72. The molecule has 1 aromatic heterocycles. The molecular formula is C13H17BN2O6S. The van der Waals surface area contributed by atoms with Crippen molar-refractivity contribution < 1.29 is 29.6 Å². The first-order chi connectivity index (χ1) is 11.0. The third kappa shape index (κ3) is 4.78. The number of hydrogen-bond donors (Lipinski definition) is 4. The molecule has 1 aliphatic rings. The number of aliphatic carboxylic acids is 1. The van der Waals surface area contributed by atoms with Crippen LogP contribution in [-0.2, 0) is 14.2 Å². The van der Waals surface area contributed by atoms with E-state index in [4.69, 9.17) is 15.0 Å². The molecule has 1 fully saturated rings. The minimum Gasteiger partial charge on any atom is -0.481 e. The van der Waals surface area contributed by atoms with Crippen LogP contribution in [0.25, 0.3) is 0 Å². The minimum absolute atomic E-state index is 0.0336. The van der Waals surface area contributed by atoms with Gasteiger partial charge in [-0.1, -0.05) is 11.2 Å². The first-order valence-corrected chi connectivity index (χ1v) is 8.01. The van der Waals surface area contributed by atoms with Gasteiger partial charge in [0.15, 0.2) is 5.71 Å². The van der Waals surface area contributed by atoms with Crippen LogP contribution in [0.3, 0.4) is 0 Å². The summed E-state index contributed by atoms with van der Waals surface area (Å²) >= 11 is 1.26. The van der Waals surface area contributed by atoms with E-state index >= 15 is 0 Å². The molecule has 2 heterocycles. The van der Waals surface area contributed by atoms with Gasteiger partial charge < -0.3 is 25.3 Å². The van der Waals surface area contributed by atoms with E-state index in [9.17, 15) is 14.6 Å². The van der Waals surface area contributed by atoms with Gasteiger partial charge in [0.2, 0.25) is 0 Å². The molecule has 2 rings (SSSR count). The highest BCUT2D eigenvalue weighted by Crippen LogP contribution is 2.20. The largest absolute Gasteiger partial charge is 0.481 e. The smallest absolute Gasteiger partial charge is 0.478 e. The maximum atomic E-state index is 12.1. The number of carboxylic acids is 1. The van der Waals surface area contributed by atoms with Crippen molar-refractivity contribution in [2.45, 2.75) is 37.7 Å². The first-order valence-electron chi connectivity index (χ1n) is 7.13. The number of carboxylic acid groups (broad SMARTS) is 1. The molecule has 1 aliphatic heterocycles. The molecule has 0 radical (unpaired) electrons. The molecule has 8 nitrogen and oxygen atoms in total. The molecule has 10 heteroatoms. The Kier molecular flexibility index (Phi) is 6.14. The van der Waals surface area contributed by atoms with E-state index in [1.54, 1.807) is 17.5 Å². The fourth-order valence-corrected chi connectivity index (χ4v) is 3.07. The highest BCUT2D eigenvalue weighted by atomic mass is 32.1. The lowest BCUT2D eigenvalue weighted by Crippen LogP contribution is -2.54. The molecule has 1 aromatic rings. The number of carbonyl (C=O) groups excluding carboxylic acids is 1. The van der Waals surface area contributed by atoms with E-state index in [0.717, 1.165) is 0 Å². The van der Waals surface area contributed by atoms with Gasteiger partial charge in [-0.05, 0) is 30.7 Å². The minimum atomic E-state index is -1.23. The lowest BCUT2D eigenvalue weighted by Gasteiger charge is -2.31. The van der Waals surface area contributed by atoms with Gasteiger partial charge in [0, 0.05) is 12.5 Å². The number of oxime groups is 1. The van der Waals surface area contributed by atoms with Crippen LogP contribution in [-0.4, -0.2) is 52.1 Å². The highest BCUT2D eigenvalue weighted by Gasteiger charge is 2.36. The Morgan fingerprint density at radius 3 is 2.83 bits per heavy atom. The summed E-state index contributed by atoms with van der Waals surface area (Å²) in [4.78, 5) is 23.2. The summed E-state index contributed by atoms with van der Waals surface area (Å²) in [5, 5.41) is 35.0. The van der Waals surface area contributed by atoms with E-state index in [2.05, 4.69) is 10.5 Å². The standard InChI is InChI=1S/C13H17BN2O6S/c17-11(18)6-4-8-3-5-10(14(20)22-8)15-13(19)12(16-21)9-2-1-7-23-9/h1-2,7-8,10,20-21H,3-6H2,(H,15,19)(H,17,18)/b16-12-/t8-,10-/m0/s1. The lowest BCUT2D eigenvalue weighted by molar-refractivity contribution is -0.137. The maximum absolute atomic E-state index is 12.1. The molecular weight excluding hydrogens is 323 g/mol. The van der Waals surface area contributed by atoms with Crippen LogP contribution in [0, 0.1) is 0 Å². The normalized spacial score (nSPS) is 22.0. The Bertz CT molecular complexity index is 579. The Morgan fingerprint density at radius 2 is 2.26 bits per heavy atom. The highest BCUT2D eigenvalue weighted by molar-refractivity contribution is 7.13. The third-order valence-corrected chi connectivity index (χ3v) is 4.42. The van der Waals surface area contributed by atoms with Crippen LogP contribution in [0.2, 0.25) is 0 Å². The molecule has 124 valence electrons. The summed E-state index contributed by atoms with van der Waals surface area (Å²) in [6.45, 7) is 0. The summed E-state index contributed by atoms with van der Waals surface area (Å²) in [5.41, 5.74) is -0.125. The summed E-state index contributed by atoms with van der Waals surface area (Å²) in [6, 6.07) is 3.37. The summed E-state index contributed by atoms with van der Waals surface area (Å²) < 4.78 is 5.33. The molecule has 0 spiro atoms. The van der Waals surface area contributed by atoms with Crippen molar-refractivity contribution in [2.75, 3.05) is 0 Å². The van der Waals surface area contributed by atoms with Gasteiger partial charge >= 0.3 is 13.1 Å². The number of amides is 1. The van der Waals surface area contributed by atoms with Crippen molar-refractivity contribution in [1.29, 1.82) is 0 Å². The fraction of sp³-hybridized carbons (Fsp3) is 0.462. The molecule has 0 aliphatic carbocycles. The van der Waals surface area contributed by atoms with Crippen LogP contribution in [0.4, 0.5) is 0 Å². The predicted octanol–water partition coefficient (Wildman–Crippen LogP) is 0.475. The van der Waals surface area contributed by atoms with E-state index in [-0.39, 0.29) is 18.2 Å². The average molecular weight is 340 g/mol. The molecule has 1 saturated heterocycles. The van der Waals surface area contributed by atoms with Gasteiger partial charge in [-0.25, -0.2) is 0 Å². The molecule has 23 heavy (non-hydrogen) atoms. The van der Waals surface area contributed by atoms with Gasteiger partial charge in [0.05, 0.1) is 10.8 Å². The molecule has 0 aromatic carbocycles. The van der Waals surface area contributed by atoms with E-state index in [1.807, 2.05) is 0 Å². The zero-order chi connectivity index (χ0) is 16.8. The van der Waals surface area contributed by atoms with Gasteiger partial charge in [-0.2, -0.15) is 0 Å². The predicted molar refractivity (Wildman–Crippen MR) is 83.5 cm³/mol. The summed E-state index contributed by atoms with van der Waals surface area (Å²) in [7, 11) is -1.23. The molecule has 4 N–H and O–H groups in total. The maximum Gasteiger partial charge on any atom is 0.478 e.